The average molecular weight is 343 g/mol. The Labute approximate surface area is 129 Å². The van der Waals surface area contributed by atoms with Crippen LogP contribution in [0, 0.1) is 0 Å². The van der Waals surface area contributed by atoms with E-state index in [0.717, 1.165) is 5.56 Å². The summed E-state index contributed by atoms with van der Waals surface area (Å²) in [6, 6.07) is 3.70. The van der Waals surface area contributed by atoms with Crippen LogP contribution in [-0.2, 0) is 16.1 Å². The van der Waals surface area contributed by atoms with Gasteiger partial charge < -0.3 is 0 Å². The second kappa shape index (κ2) is 6.22. The van der Waals surface area contributed by atoms with Crippen molar-refractivity contribution < 1.29 is 9.63 Å². The molecule has 0 radical (unpaired) electrons. The van der Waals surface area contributed by atoms with E-state index in [4.69, 9.17) is 4.84 Å². The summed E-state index contributed by atoms with van der Waals surface area (Å²) in [5, 5.41) is 1.46. The number of hydrogen-bond donors (Lipinski definition) is 0. The second-order valence-electron chi connectivity index (χ2n) is 6.69. The van der Waals surface area contributed by atoms with Gasteiger partial charge in [-0.15, -0.1) is 0 Å². The van der Waals surface area contributed by atoms with E-state index in [9.17, 15) is 4.79 Å². The largest absolute Gasteiger partial charge is 0.272 e. The fourth-order valence-corrected chi connectivity index (χ4v) is 2.01. The summed E-state index contributed by atoms with van der Waals surface area (Å²) in [6.07, 6.45) is 1.94. The van der Waals surface area contributed by atoms with Crippen LogP contribution in [0.1, 0.15) is 47.1 Å². The van der Waals surface area contributed by atoms with Gasteiger partial charge in [0.15, 0.2) is 0 Å². The lowest BCUT2D eigenvalue weighted by Crippen LogP contribution is -2.49. The van der Waals surface area contributed by atoms with Crippen LogP contribution in [0.5, 0.6) is 0 Å². The minimum Gasteiger partial charge on any atom is -0.272 e. The number of hydrogen-bond acceptors (Lipinski definition) is 3. The highest BCUT2D eigenvalue weighted by atomic mass is 79.9. The van der Waals surface area contributed by atoms with E-state index in [2.05, 4.69) is 20.9 Å². The van der Waals surface area contributed by atoms with Crippen molar-refractivity contribution in [1.82, 2.24) is 10.0 Å². The van der Waals surface area contributed by atoms with Gasteiger partial charge in [0.1, 0.15) is 4.60 Å². The highest BCUT2D eigenvalue weighted by Gasteiger charge is 2.31. The summed E-state index contributed by atoms with van der Waals surface area (Å²) in [4.78, 5) is 22.5. The summed E-state index contributed by atoms with van der Waals surface area (Å²) < 4.78 is 0.693. The minimum absolute atomic E-state index is 0.0823. The molecule has 0 saturated heterocycles. The Bertz CT molecular complexity index is 475. The number of hydroxylamine groups is 2. The predicted octanol–water partition coefficient (Wildman–Crippen LogP) is 3.74. The lowest BCUT2D eigenvalue weighted by atomic mass is 10.1. The molecule has 0 saturated carbocycles. The van der Waals surface area contributed by atoms with Crippen LogP contribution in [0.4, 0.5) is 0 Å². The number of nitrogens with zero attached hydrogens (tertiary/aromatic N) is 2. The third-order valence-corrected chi connectivity index (χ3v) is 3.09. The van der Waals surface area contributed by atoms with Crippen molar-refractivity contribution >= 4 is 21.8 Å². The zero-order valence-corrected chi connectivity index (χ0v) is 14.6. The van der Waals surface area contributed by atoms with E-state index < -0.39 is 11.1 Å². The molecular weight excluding hydrogens is 320 g/mol. The van der Waals surface area contributed by atoms with Crippen molar-refractivity contribution in [3.63, 3.8) is 0 Å². The number of carbonyl (C=O) groups excluding carboxylic acids is 1. The predicted molar refractivity (Wildman–Crippen MR) is 83.1 cm³/mol. The molecule has 0 spiro atoms. The summed E-state index contributed by atoms with van der Waals surface area (Å²) in [5.74, 6) is -0.0823. The monoisotopic (exact) mass is 342 g/mol. The van der Waals surface area contributed by atoms with E-state index >= 15 is 0 Å². The zero-order chi connectivity index (χ0) is 15.6. The zero-order valence-electron chi connectivity index (χ0n) is 13.0. The Morgan fingerprint density at radius 2 is 1.90 bits per heavy atom. The fourth-order valence-electron chi connectivity index (χ4n) is 1.62. The van der Waals surface area contributed by atoms with Gasteiger partial charge in [0, 0.05) is 6.20 Å². The second-order valence-corrected chi connectivity index (χ2v) is 7.44. The van der Waals surface area contributed by atoms with Crippen molar-refractivity contribution in [2.75, 3.05) is 0 Å². The highest BCUT2D eigenvalue weighted by Crippen LogP contribution is 2.23. The smallest absolute Gasteiger partial charge is 0.251 e. The summed E-state index contributed by atoms with van der Waals surface area (Å²) in [5.41, 5.74) is 0.0259. The number of rotatable bonds is 3. The molecule has 1 aromatic rings. The lowest BCUT2D eigenvalue weighted by molar-refractivity contribution is -0.256. The van der Waals surface area contributed by atoms with Gasteiger partial charge in [-0.05, 0) is 69.1 Å². The Morgan fingerprint density at radius 1 is 1.30 bits per heavy atom. The minimum atomic E-state index is -0.422. The normalized spacial score (nSPS) is 12.3. The van der Waals surface area contributed by atoms with Crippen LogP contribution in [0.15, 0.2) is 22.9 Å². The summed E-state index contributed by atoms with van der Waals surface area (Å²) >= 11 is 3.36. The van der Waals surface area contributed by atoms with Crippen LogP contribution >= 0.6 is 15.9 Å². The van der Waals surface area contributed by atoms with Gasteiger partial charge in [-0.1, -0.05) is 6.07 Å². The molecule has 0 aliphatic rings. The topological polar surface area (TPSA) is 42.4 Å². The van der Waals surface area contributed by atoms with Gasteiger partial charge in [-0.25, -0.2) is 10.0 Å². The van der Waals surface area contributed by atoms with Gasteiger partial charge in [-0.2, -0.15) is 0 Å². The quantitative estimate of drug-likeness (QED) is 0.620. The van der Waals surface area contributed by atoms with E-state index in [0.29, 0.717) is 4.60 Å². The number of pyridine rings is 1. The first-order chi connectivity index (χ1) is 9.00. The first-order valence-electron chi connectivity index (χ1n) is 6.62. The van der Waals surface area contributed by atoms with Gasteiger partial charge >= 0.3 is 0 Å². The Balaban J connectivity index is 2.93. The number of aromatic nitrogens is 1. The van der Waals surface area contributed by atoms with Crippen LogP contribution in [0.25, 0.3) is 0 Å². The van der Waals surface area contributed by atoms with Crippen LogP contribution < -0.4 is 0 Å². The van der Waals surface area contributed by atoms with Gasteiger partial charge in [-0.3, -0.25) is 9.63 Å². The molecule has 0 aliphatic heterocycles. The maximum absolute atomic E-state index is 12.5. The molecule has 1 aromatic heterocycles. The Hall–Kier alpha value is -0.940. The molecule has 1 heterocycles. The van der Waals surface area contributed by atoms with Gasteiger partial charge in [0.05, 0.1) is 17.6 Å². The van der Waals surface area contributed by atoms with Crippen LogP contribution in [0.2, 0.25) is 0 Å². The number of carbonyl (C=O) groups is 1. The van der Waals surface area contributed by atoms with Crippen molar-refractivity contribution in [3.05, 3.63) is 28.5 Å². The highest BCUT2D eigenvalue weighted by molar-refractivity contribution is 9.10. The molecular formula is C15H23BrN2O2. The van der Waals surface area contributed by atoms with Crippen molar-refractivity contribution in [1.29, 1.82) is 0 Å². The van der Waals surface area contributed by atoms with E-state index in [1.807, 2.05) is 53.7 Å². The SMILES string of the molecule is CC(C)(C)ON(C(=O)Cc1cccnc1Br)C(C)(C)C. The maximum atomic E-state index is 12.5. The van der Waals surface area contributed by atoms with E-state index in [1.54, 1.807) is 6.20 Å². The molecule has 1 amide bonds. The molecule has 0 aliphatic carbocycles. The van der Waals surface area contributed by atoms with Gasteiger partial charge in [0.25, 0.3) is 5.91 Å². The standard InChI is InChI=1S/C15H23BrN2O2/c1-14(2,3)18(20-15(4,5)6)12(19)10-11-8-7-9-17-13(11)16/h7-9H,10H2,1-6H3. The molecule has 0 atom stereocenters. The summed E-state index contributed by atoms with van der Waals surface area (Å²) in [6.45, 7) is 11.6. The third-order valence-electron chi connectivity index (χ3n) is 2.38. The molecule has 112 valence electrons. The molecule has 20 heavy (non-hydrogen) atoms. The van der Waals surface area contributed by atoms with Crippen LogP contribution in [0.3, 0.4) is 0 Å². The average Bonchev–Trinajstić information content (AvgIpc) is 2.26. The third kappa shape index (κ3) is 5.21. The first kappa shape index (κ1) is 17.1. The molecule has 0 fully saturated rings. The maximum Gasteiger partial charge on any atom is 0.251 e. The first-order valence-corrected chi connectivity index (χ1v) is 7.41. The molecule has 0 unspecified atom stereocenters. The number of halogens is 1. The van der Waals surface area contributed by atoms with Crippen LogP contribution in [-0.4, -0.2) is 27.1 Å². The molecule has 0 N–H and O–H groups in total. The fraction of sp³-hybridized carbons (Fsp3) is 0.600. The molecule has 4 nitrogen and oxygen atoms in total. The molecule has 5 heteroatoms. The van der Waals surface area contributed by atoms with Crippen molar-refractivity contribution in [2.45, 2.75) is 59.1 Å². The Kier molecular flexibility index (Phi) is 5.33. The van der Waals surface area contributed by atoms with E-state index in [1.165, 1.54) is 5.06 Å². The van der Waals surface area contributed by atoms with Crippen molar-refractivity contribution in [2.24, 2.45) is 0 Å². The molecule has 1 rings (SSSR count). The molecule has 0 bridgehead atoms. The molecule has 0 aromatic carbocycles. The Morgan fingerprint density at radius 3 is 2.35 bits per heavy atom. The van der Waals surface area contributed by atoms with Crippen molar-refractivity contribution in [3.8, 4) is 0 Å². The summed E-state index contributed by atoms with van der Waals surface area (Å²) in [7, 11) is 0. The van der Waals surface area contributed by atoms with E-state index in [-0.39, 0.29) is 12.3 Å². The number of amides is 1. The lowest BCUT2D eigenvalue weighted by Gasteiger charge is -2.38. The van der Waals surface area contributed by atoms with Gasteiger partial charge in [0.2, 0.25) is 0 Å².